The first kappa shape index (κ1) is 14.6. The van der Waals surface area contributed by atoms with E-state index in [0.717, 1.165) is 30.4 Å². The van der Waals surface area contributed by atoms with Crippen molar-refractivity contribution in [3.8, 4) is 0 Å². The molecule has 0 amide bonds. The molecule has 0 radical (unpaired) electrons. The zero-order valence-corrected chi connectivity index (χ0v) is 13.5. The van der Waals surface area contributed by atoms with Crippen molar-refractivity contribution in [3.63, 3.8) is 0 Å². The summed E-state index contributed by atoms with van der Waals surface area (Å²) >= 11 is 0. The average molecular weight is 307 g/mol. The van der Waals surface area contributed by atoms with Gasteiger partial charge in [0.05, 0.1) is 0 Å². The van der Waals surface area contributed by atoms with Crippen molar-refractivity contribution in [3.05, 3.63) is 35.4 Å². The minimum Gasteiger partial charge on any atom is -0.469 e. The summed E-state index contributed by atoms with van der Waals surface area (Å²) in [5, 5.41) is 0. The zero-order chi connectivity index (χ0) is 15.3. The van der Waals surface area contributed by atoms with Crippen LogP contribution in [0.2, 0.25) is 0 Å². The molecular formula is C16H21NO3S. The molecule has 114 valence electrons. The number of rotatable bonds is 1. The molecule has 1 aromatic rings. The normalized spacial score (nSPS) is 34.5. The third kappa shape index (κ3) is 2.09. The summed E-state index contributed by atoms with van der Waals surface area (Å²) in [5.74, 6) is 0.233. The molecular weight excluding hydrogens is 286 g/mol. The Morgan fingerprint density at radius 3 is 2.38 bits per heavy atom. The maximum atomic E-state index is 12.7. The van der Waals surface area contributed by atoms with E-state index >= 15 is 0 Å². The summed E-state index contributed by atoms with van der Waals surface area (Å²) in [4.78, 5) is 0. The van der Waals surface area contributed by atoms with Gasteiger partial charge in [0.25, 0.3) is 10.0 Å². The maximum Gasteiger partial charge on any atom is 0.265 e. The number of fused-ring (bicyclic) bond motifs is 1. The van der Waals surface area contributed by atoms with Crippen molar-refractivity contribution in [2.24, 2.45) is 4.40 Å². The smallest absolute Gasteiger partial charge is 0.265 e. The molecule has 0 bridgehead atoms. The Hall–Kier alpha value is -1.36. The summed E-state index contributed by atoms with van der Waals surface area (Å²) in [6, 6.07) is 7.59. The highest BCUT2D eigenvalue weighted by atomic mass is 32.2. The van der Waals surface area contributed by atoms with Crippen molar-refractivity contribution < 1.29 is 13.2 Å². The molecule has 1 fully saturated rings. The molecule has 2 atom stereocenters. The van der Waals surface area contributed by atoms with E-state index in [-0.39, 0.29) is 5.90 Å². The van der Waals surface area contributed by atoms with Gasteiger partial charge in [0, 0.05) is 5.56 Å². The first-order chi connectivity index (χ1) is 9.77. The van der Waals surface area contributed by atoms with Crippen LogP contribution in [0.15, 0.2) is 28.7 Å². The van der Waals surface area contributed by atoms with Gasteiger partial charge in [-0.1, -0.05) is 24.1 Å². The Labute approximate surface area is 126 Å². The van der Waals surface area contributed by atoms with Crippen LogP contribution in [0.3, 0.4) is 0 Å². The van der Waals surface area contributed by atoms with E-state index in [1.165, 1.54) is 0 Å². The van der Waals surface area contributed by atoms with Crippen LogP contribution in [-0.2, 0) is 14.8 Å². The number of benzene rings is 1. The topological polar surface area (TPSA) is 55.7 Å². The number of sulfonamides is 1. The van der Waals surface area contributed by atoms with Gasteiger partial charge in [0.15, 0.2) is 0 Å². The minimum atomic E-state index is -3.59. The van der Waals surface area contributed by atoms with Crippen LogP contribution in [0.1, 0.15) is 50.7 Å². The van der Waals surface area contributed by atoms with Crippen molar-refractivity contribution >= 4 is 15.9 Å². The molecule has 1 heterocycles. The maximum absolute atomic E-state index is 12.7. The van der Waals surface area contributed by atoms with E-state index in [4.69, 9.17) is 4.74 Å². The van der Waals surface area contributed by atoms with Gasteiger partial charge in [-0.15, -0.1) is 4.40 Å². The molecule has 2 aliphatic rings. The van der Waals surface area contributed by atoms with Gasteiger partial charge in [-0.05, 0) is 52.2 Å². The van der Waals surface area contributed by atoms with Crippen LogP contribution >= 0.6 is 0 Å². The third-order valence-electron chi connectivity index (χ3n) is 5.07. The average Bonchev–Trinajstić information content (AvgIpc) is 2.41. The van der Waals surface area contributed by atoms with Gasteiger partial charge < -0.3 is 4.74 Å². The molecule has 1 aromatic carbocycles. The molecule has 21 heavy (non-hydrogen) atoms. The fraction of sp³-hybridized carbons (Fsp3) is 0.562. The summed E-state index contributed by atoms with van der Waals surface area (Å²) in [7, 11) is -3.59. The van der Waals surface area contributed by atoms with E-state index in [2.05, 4.69) is 4.40 Å². The second-order valence-corrected chi connectivity index (χ2v) is 8.54. The molecule has 1 aliphatic carbocycles. The second-order valence-electron chi connectivity index (χ2n) is 6.51. The summed E-state index contributed by atoms with van der Waals surface area (Å²) in [6.45, 7) is 5.67. The zero-order valence-electron chi connectivity index (χ0n) is 12.7. The highest BCUT2D eigenvalue weighted by Gasteiger charge is 2.60. The lowest BCUT2D eigenvalue weighted by Gasteiger charge is -2.49. The van der Waals surface area contributed by atoms with Crippen LogP contribution < -0.4 is 0 Å². The van der Waals surface area contributed by atoms with Crippen molar-refractivity contribution in [1.82, 2.24) is 0 Å². The van der Waals surface area contributed by atoms with Crippen LogP contribution in [0, 0.1) is 6.92 Å². The van der Waals surface area contributed by atoms with Crippen molar-refractivity contribution in [1.29, 1.82) is 0 Å². The van der Waals surface area contributed by atoms with Gasteiger partial charge in [0.2, 0.25) is 5.90 Å². The number of nitrogens with zero attached hydrogens (tertiary/aromatic N) is 1. The Bertz CT molecular complexity index is 693. The lowest BCUT2D eigenvalue weighted by atomic mass is 9.76. The highest BCUT2D eigenvalue weighted by molar-refractivity contribution is 7.91. The van der Waals surface area contributed by atoms with Crippen LogP contribution in [0.25, 0.3) is 0 Å². The lowest BCUT2D eigenvalue weighted by molar-refractivity contribution is -0.000128. The monoisotopic (exact) mass is 307 g/mol. The molecule has 0 N–H and O–H groups in total. The van der Waals surface area contributed by atoms with Crippen molar-refractivity contribution in [2.75, 3.05) is 0 Å². The molecule has 1 saturated carbocycles. The minimum absolute atomic E-state index is 0.233. The van der Waals surface area contributed by atoms with Crippen LogP contribution in [0.4, 0.5) is 0 Å². The third-order valence-corrected chi connectivity index (χ3v) is 7.25. The summed E-state index contributed by atoms with van der Waals surface area (Å²) in [5.41, 5.74) is 1.14. The number of hydrogen-bond donors (Lipinski definition) is 0. The standard InChI is InChI=1S/C16H21NO3S/c1-12-6-8-13(9-7-12)14-17-21(18,19)16(3)11-5-4-10-15(16,2)20-14/h6-9H,4-5,10-11H2,1-3H3. The van der Waals surface area contributed by atoms with E-state index < -0.39 is 20.4 Å². The Morgan fingerprint density at radius 2 is 1.71 bits per heavy atom. The van der Waals surface area contributed by atoms with Crippen molar-refractivity contribution in [2.45, 2.75) is 56.8 Å². The van der Waals surface area contributed by atoms with Gasteiger partial charge in [-0.3, -0.25) is 0 Å². The summed E-state index contributed by atoms with van der Waals surface area (Å²) < 4.78 is 34.6. The molecule has 3 rings (SSSR count). The molecule has 1 aliphatic heterocycles. The Kier molecular flexibility index (Phi) is 3.17. The van der Waals surface area contributed by atoms with E-state index in [1.807, 2.05) is 38.1 Å². The Balaban J connectivity index is 2.11. The highest BCUT2D eigenvalue weighted by Crippen LogP contribution is 2.48. The van der Waals surface area contributed by atoms with Gasteiger partial charge in [0.1, 0.15) is 10.3 Å². The fourth-order valence-electron chi connectivity index (χ4n) is 3.26. The molecule has 0 aromatic heterocycles. The molecule has 5 heteroatoms. The van der Waals surface area contributed by atoms with E-state index in [0.29, 0.717) is 6.42 Å². The molecule has 2 unspecified atom stereocenters. The predicted molar refractivity (Wildman–Crippen MR) is 83.0 cm³/mol. The first-order valence-electron chi connectivity index (χ1n) is 7.38. The van der Waals surface area contributed by atoms with Crippen LogP contribution in [-0.4, -0.2) is 24.7 Å². The fourth-order valence-corrected chi connectivity index (χ4v) is 4.92. The predicted octanol–water partition coefficient (Wildman–Crippen LogP) is 3.19. The van der Waals surface area contributed by atoms with E-state index in [9.17, 15) is 8.42 Å². The Morgan fingerprint density at radius 1 is 1.10 bits per heavy atom. The number of hydrogen-bond acceptors (Lipinski definition) is 3. The van der Waals surface area contributed by atoms with Crippen LogP contribution in [0.5, 0.6) is 0 Å². The number of aryl methyl sites for hydroxylation is 1. The summed E-state index contributed by atoms with van der Waals surface area (Å²) in [6.07, 6.45) is 3.25. The SMILES string of the molecule is Cc1ccc(C2=NS(=O)(=O)C3(C)CCCCC3(C)O2)cc1. The number of ether oxygens (including phenoxy) is 1. The first-order valence-corrected chi connectivity index (χ1v) is 8.82. The van der Waals surface area contributed by atoms with Gasteiger partial charge in [-0.25, -0.2) is 8.42 Å². The second kappa shape index (κ2) is 4.57. The molecule has 0 spiro atoms. The van der Waals surface area contributed by atoms with Gasteiger partial charge >= 0.3 is 0 Å². The molecule has 0 saturated heterocycles. The lowest BCUT2D eigenvalue weighted by Crippen LogP contribution is -2.61. The van der Waals surface area contributed by atoms with E-state index in [1.54, 1.807) is 6.92 Å². The molecule has 4 nitrogen and oxygen atoms in total. The quantitative estimate of drug-likeness (QED) is 0.800. The van der Waals surface area contributed by atoms with Gasteiger partial charge in [-0.2, -0.15) is 0 Å². The largest absolute Gasteiger partial charge is 0.469 e.